The number of benzene rings is 1. The van der Waals surface area contributed by atoms with Gasteiger partial charge in [0.05, 0.1) is 6.42 Å². The first-order valence-electron chi connectivity index (χ1n) is 7.00. The molecule has 0 aliphatic carbocycles. The highest BCUT2D eigenvalue weighted by Crippen LogP contribution is 2.25. The minimum absolute atomic E-state index is 0.0544. The molecule has 0 aliphatic heterocycles. The second kappa shape index (κ2) is 7.28. The van der Waals surface area contributed by atoms with E-state index in [0.29, 0.717) is 21.6 Å². The quantitative estimate of drug-likeness (QED) is 0.668. The summed E-state index contributed by atoms with van der Waals surface area (Å²) in [7, 11) is 0. The molecule has 23 heavy (non-hydrogen) atoms. The number of halogens is 1. The summed E-state index contributed by atoms with van der Waals surface area (Å²) in [5.74, 6) is -0.687. The first-order chi connectivity index (χ1) is 10.9. The van der Waals surface area contributed by atoms with Gasteiger partial charge >= 0.3 is 11.6 Å². The molecule has 0 radical (unpaired) electrons. The minimum Gasteiger partial charge on any atom is -0.461 e. The third kappa shape index (κ3) is 4.56. The Morgan fingerprint density at radius 1 is 1.30 bits per heavy atom. The average molecular weight is 338 g/mol. The molecule has 0 unspecified atom stereocenters. The third-order valence-electron chi connectivity index (χ3n) is 3.20. The maximum Gasteiger partial charge on any atom is 0.336 e. The molecule has 0 fully saturated rings. The number of hydrogen-bond acceptors (Lipinski definition) is 5. The number of hydrogen-bond donors (Lipinski definition) is 1. The monoisotopic (exact) mass is 337 g/mol. The summed E-state index contributed by atoms with van der Waals surface area (Å²) < 4.78 is 10.3. The zero-order valence-corrected chi connectivity index (χ0v) is 13.5. The Morgan fingerprint density at radius 3 is 2.74 bits per heavy atom. The van der Waals surface area contributed by atoms with E-state index in [9.17, 15) is 14.4 Å². The summed E-state index contributed by atoms with van der Waals surface area (Å²) >= 11 is 6.09. The molecule has 1 N–H and O–H groups in total. The van der Waals surface area contributed by atoms with Gasteiger partial charge in [-0.15, -0.1) is 0 Å². The molecule has 1 amide bonds. The van der Waals surface area contributed by atoms with Crippen molar-refractivity contribution in [2.24, 2.45) is 0 Å². The summed E-state index contributed by atoms with van der Waals surface area (Å²) in [5.41, 5.74) is 1.17. The van der Waals surface area contributed by atoms with Gasteiger partial charge in [-0.1, -0.05) is 11.6 Å². The Hall–Kier alpha value is -2.34. The van der Waals surface area contributed by atoms with Crippen molar-refractivity contribution in [3.05, 3.63) is 44.8 Å². The van der Waals surface area contributed by atoms with Crippen LogP contribution in [-0.2, 0) is 20.9 Å². The number of aryl methyl sites for hydroxylation is 1. The van der Waals surface area contributed by atoms with Gasteiger partial charge in [-0.2, -0.15) is 0 Å². The number of amides is 1. The molecule has 0 atom stereocenters. The number of ether oxygens (including phenoxy) is 1. The zero-order chi connectivity index (χ0) is 17.0. The van der Waals surface area contributed by atoms with Gasteiger partial charge in [0.15, 0.2) is 0 Å². The van der Waals surface area contributed by atoms with Gasteiger partial charge in [0.1, 0.15) is 12.2 Å². The molecule has 2 aromatic rings. The lowest BCUT2D eigenvalue weighted by Gasteiger charge is -2.09. The predicted molar refractivity (Wildman–Crippen MR) is 85.3 cm³/mol. The fourth-order valence-corrected chi connectivity index (χ4v) is 2.20. The summed E-state index contributed by atoms with van der Waals surface area (Å²) in [6.07, 6.45) is 0.0544. The summed E-state index contributed by atoms with van der Waals surface area (Å²) in [4.78, 5) is 34.0. The van der Waals surface area contributed by atoms with E-state index in [1.165, 1.54) is 13.0 Å². The average Bonchev–Trinajstić information content (AvgIpc) is 2.46. The molecule has 1 aromatic heterocycles. The zero-order valence-electron chi connectivity index (χ0n) is 12.8. The third-order valence-corrected chi connectivity index (χ3v) is 3.61. The fraction of sp³-hybridized carbons (Fsp3) is 0.312. The van der Waals surface area contributed by atoms with E-state index in [1.54, 1.807) is 19.1 Å². The van der Waals surface area contributed by atoms with Crippen molar-refractivity contribution < 1.29 is 18.7 Å². The lowest BCUT2D eigenvalue weighted by atomic mass is 10.1. The van der Waals surface area contributed by atoms with Crippen LogP contribution in [0.2, 0.25) is 5.02 Å². The number of esters is 1. The minimum atomic E-state index is -0.525. The van der Waals surface area contributed by atoms with E-state index in [1.807, 2.05) is 0 Å². The van der Waals surface area contributed by atoms with E-state index >= 15 is 0 Å². The Kier molecular flexibility index (Phi) is 5.39. The molecular formula is C16H16ClNO5. The molecule has 0 saturated carbocycles. The molecule has 7 heteroatoms. The van der Waals surface area contributed by atoms with Crippen LogP contribution >= 0.6 is 11.6 Å². The van der Waals surface area contributed by atoms with Crippen molar-refractivity contribution in [3.63, 3.8) is 0 Å². The fourth-order valence-electron chi connectivity index (χ4n) is 2.04. The first-order valence-corrected chi connectivity index (χ1v) is 7.37. The van der Waals surface area contributed by atoms with E-state index in [2.05, 4.69) is 5.32 Å². The van der Waals surface area contributed by atoms with E-state index < -0.39 is 11.6 Å². The molecule has 122 valence electrons. The van der Waals surface area contributed by atoms with Crippen molar-refractivity contribution in [2.75, 3.05) is 6.54 Å². The highest BCUT2D eigenvalue weighted by Gasteiger charge is 2.11. The van der Waals surface area contributed by atoms with Gasteiger partial charge in [-0.25, -0.2) is 4.79 Å². The number of rotatable bonds is 5. The van der Waals surface area contributed by atoms with E-state index in [4.69, 9.17) is 20.8 Å². The van der Waals surface area contributed by atoms with Crippen LogP contribution in [0.5, 0.6) is 0 Å². The topological polar surface area (TPSA) is 85.6 Å². The highest BCUT2D eigenvalue weighted by atomic mass is 35.5. The largest absolute Gasteiger partial charge is 0.461 e. The molecule has 6 nitrogen and oxygen atoms in total. The summed E-state index contributed by atoms with van der Waals surface area (Å²) in [5, 5.41) is 3.66. The summed E-state index contributed by atoms with van der Waals surface area (Å²) in [6.45, 7) is 3.31. The molecule has 0 saturated heterocycles. The number of fused-ring (bicyclic) bond motifs is 1. The molecule has 0 spiro atoms. The maximum atomic E-state index is 11.6. The van der Waals surface area contributed by atoms with Crippen molar-refractivity contribution >= 4 is 34.4 Å². The van der Waals surface area contributed by atoms with Gasteiger partial charge in [-0.05, 0) is 24.6 Å². The Morgan fingerprint density at radius 2 is 2.04 bits per heavy atom. The van der Waals surface area contributed by atoms with Crippen LogP contribution in [0.4, 0.5) is 0 Å². The van der Waals surface area contributed by atoms with Crippen molar-refractivity contribution in [1.29, 1.82) is 0 Å². The van der Waals surface area contributed by atoms with Crippen LogP contribution < -0.4 is 10.9 Å². The molecule has 2 rings (SSSR count). The SMILES string of the molecule is CC(=O)NCCC(=O)OCc1cc(=O)oc2cc(C)c(Cl)cc12. The van der Waals surface area contributed by atoms with Gasteiger partial charge in [0.2, 0.25) is 5.91 Å². The molecule has 1 aromatic carbocycles. The van der Waals surface area contributed by atoms with Gasteiger partial charge < -0.3 is 14.5 Å². The van der Waals surface area contributed by atoms with Crippen LogP contribution in [-0.4, -0.2) is 18.4 Å². The maximum absolute atomic E-state index is 11.6. The normalized spacial score (nSPS) is 10.6. The number of carbonyl (C=O) groups is 2. The number of carbonyl (C=O) groups excluding carboxylic acids is 2. The van der Waals surface area contributed by atoms with E-state index in [-0.39, 0.29) is 25.5 Å². The van der Waals surface area contributed by atoms with Crippen LogP contribution in [0.1, 0.15) is 24.5 Å². The van der Waals surface area contributed by atoms with Crippen LogP contribution in [0.3, 0.4) is 0 Å². The second-order valence-corrected chi connectivity index (χ2v) is 5.49. The Bertz CT molecular complexity index is 812. The lowest BCUT2D eigenvalue weighted by molar-refractivity contribution is -0.144. The predicted octanol–water partition coefficient (Wildman–Crippen LogP) is 2.32. The lowest BCUT2D eigenvalue weighted by Crippen LogP contribution is -2.23. The van der Waals surface area contributed by atoms with Gasteiger partial charge in [0, 0.05) is 35.5 Å². The van der Waals surface area contributed by atoms with Gasteiger partial charge in [0.25, 0.3) is 0 Å². The highest BCUT2D eigenvalue weighted by molar-refractivity contribution is 6.32. The Labute approximate surface area is 137 Å². The second-order valence-electron chi connectivity index (χ2n) is 5.08. The van der Waals surface area contributed by atoms with E-state index in [0.717, 1.165) is 5.56 Å². The Balaban J connectivity index is 2.13. The van der Waals surface area contributed by atoms with Gasteiger partial charge in [-0.3, -0.25) is 9.59 Å². The molecule has 0 aliphatic rings. The molecular weight excluding hydrogens is 322 g/mol. The standard InChI is InChI=1S/C16H16ClNO5/c1-9-5-14-12(7-13(9)17)11(6-16(21)23-14)8-22-15(20)3-4-18-10(2)19/h5-7H,3-4,8H2,1-2H3,(H,18,19). The first kappa shape index (κ1) is 17.0. The molecule has 1 heterocycles. The van der Waals surface area contributed by atoms with Crippen LogP contribution in [0.15, 0.2) is 27.4 Å². The van der Waals surface area contributed by atoms with Crippen molar-refractivity contribution in [1.82, 2.24) is 5.32 Å². The van der Waals surface area contributed by atoms with Crippen LogP contribution in [0, 0.1) is 6.92 Å². The van der Waals surface area contributed by atoms with Crippen LogP contribution in [0.25, 0.3) is 11.0 Å². The van der Waals surface area contributed by atoms with Crippen molar-refractivity contribution in [2.45, 2.75) is 26.9 Å². The smallest absolute Gasteiger partial charge is 0.336 e. The number of nitrogens with one attached hydrogen (secondary N) is 1. The summed E-state index contributed by atoms with van der Waals surface area (Å²) in [6, 6.07) is 4.62. The van der Waals surface area contributed by atoms with Crippen molar-refractivity contribution in [3.8, 4) is 0 Å². The molecule has 0 bridgehead atoms.